The van der Waals surface area contributed by atoms with Gasteiger partial charge in [-0.3, -0.25) is 0 Å². The first-order valence-electron chi connectivity index (χ1n) is 3.33. The summed E-state index contributed by atoms with van der Waals surface area (Å²) >= 11 is 4.46. The standard InChI is InChI=1S/C7H6NO2S.Hg/c1-5-4-6(8(9)10)2-3-7(5)11;/h2-3,11H,1H3;. The molecule has 1 aromatic carbocycles. The molecule has 1 aromatic rings. The molecule has 0 saturated carbocycles. The molecule has 0 aromatic heterocycles. The predicted molar refractivity (Wildman–Crippen MR) is 44.7 cm³/mol. The Hall–Kier alpha value is -0.0949. The van der Waals surface area contributed by atoms with Crippen molar-refractivity contribution < 1.29 is 31.0 Å². The molecule has 0 aliphatic heterocycles. The zero-order chi connectivity index (χ0) is 9.30. The first kappa shape index (κ1) is 9.99. The summed E-state index contributed by atoms with van der Waals surface area (Å²) in [7, 11) is 0. The van der Waals surface area contributed by atoms with E-state index in [1.54, 1.807) is 6.07 Å². The summed E-state index contributed by atoms with van der Waals surface area (Å²) in [5, 5.41) is 10.5. The van der Waals surface area contributed by atoms with Gasteiger partial charge in [0.2, 0.25) is 0 Å². The molecule has 5 heteroatoms. The van der Waals surface area contributed by atoms with Gasteiger partial charge in [0.1, 0.15) is 0 Å². The maximum atomic E-state index is 10.5. The molecule has 0 saturated heterocycles. The molecule has 0 atom stereocenters. The van der Waals surface area contributed by atoms with E-state index in [2.05, 4.69) is 12.6 Å². The van der Waals surface area contributed by atoms with Crippen LogP contribution in [0.15, 0.2) is 17.0 Å². The van der Waals surface area contributed by atoms with E-state index < -0.39 is 0 Å². The van der Waals surface area contributed by atoms with E-state index in [4.69, 9.17) is 0 Å². The van der Waals surface area contributed by atoms with Crippen molar-refractivity contribution in [3.63, 3.8) is 0 Å². The monoisotopic (exact) mass is 370 g/mol. The normalized spacial score (nSPS) is 10.0. The molecular weight excluding hydrogens is 363 g/mol. The fourth-order valence-electron chi connectivity index (χ4n) is 0.901. The van der Waals surface area contributed by atoms with Gasteiger partial charge in [-0.25, -0.2) is 0 Å². The minimum atomic E-state index is -0.331. The minimum absolute atomic E-state index is 0.244. The van der Waals surface area contributed by atoms with Crippen LogP contribution in [-0.4, -0.2) is 4.92 Å². The first-order valence-corrected chi connectivity index (χ1v) is 6.52. The zero-order valence-electron chi connectivity index (χ0n) is 6.57. The van der Waals surface area contributed by atoms with Crippen molar-refractivity contribution in [2.45, 2.75) is 11.8 Å². The predicted octanol–water partition coefficient (Wildman–Crippen LogP) is 1.36. The van der Waals surface area contributed by atoms with Crippen LogP contribution in [0.5, 0.6) is 0 Å². The van der Waals surface area contributed by atoms with Crippen LogP contribution in [-0.2, 0) is 26.1 Å². The molecule has 0 unspecified atom stereocenters. The third-order valence-corrected chi connectivity index (χ3v) is 5.70. The molecule has 12 heavy (non-hydrogen) atoms. The fraction of sp³-hybridized carbons (Fsp3) is 0.143. The molecule has 0 fully saturated rings. The molecule has 0 radical (unpaired) electrons. The number of hydrogen-bond acceptors (Lipinski definition) is 3. The van der Waals surface area contributed by atoms with Gasteiger partial charge < -0.3 is 0 Å². The van der Waals surface area contributed by atoms with Crippen LogP contribution >= 0.6 is 12.6 Å². The van der Waals surface area contributed by atoms with Crippen molar-refractivity contribution in [3.05, 3.63) is 27.8 Å². The number of rotatable bonds is 1. The van der Waals surface area contributed by atoms with Crippen LogP contribution < -0.4 is 3.07 Å². The molecule has 0 aliphatic carbocycles. The summed E-state index contributed by atoms with van der Waals surface area (Å²) in [6.45, 7) is 1.87. The Morgan fingerprint density at radius 3 is 2.67 bits per heavy atom. The van der Waals surface area contributed by atoms with Gasteiger partial charge in [0.15, 0.2) is 0 Å². The van der Waals surface area contributed by atoms with Gasteiger partial charge in [-0.15, -0.1) is 0 Å². The van der Waals surface area contributed by atoms with Crippen LogP contribution in [0.4, 0.5) is 5.69 Å². The van der Waals surface area contributed by atoms with E-state index in [0.717, 1.165) is 13.5 Å². The van der Waals surface area contributed by atoms with E-state index in [1.165, 1.54) is 6.07 Å². The van der Waals surface area contributed by atoms with Gasteiger partial charge in [0.25, 0.3) is 0 Å². The van der Waals surface area contributed by atoms with E-state index in [-0.39, 0.29) is 36.7 Å². The summed E-state index contributed by atoms with van der Waals surface area (Å²) in [5.74, 6) is 0. The number of hydrogen-bond donors (Lipinski definition) is 1. The second kappa shape index (κ2) is 3.74. The van der Waals surface area contributed by atoms with Gasteiger partial charge in [0.05, 0.1) is 0 Å². The van der Waals surface area contributed by atoms with Crippen molar-refractivity contribution in [1.82, 2.24) is 0 Å². The SMILES string of the molecule is Cc1c(S)ccc([N+](=O)[O-])[c]1[Hg]. The topological polar surface area (TPSA) is 43.1 Å². The Morgan fingerprint density at radius 1 is 1.58 bits per heavy atom. The van der Waals surface area contributed by atoms with E-state index in [1.807, 2.05) is 6.92 Å². The Bertz CT molecular complexity index is 340. The van der Waals surface area contributed by atoms with Crippen molar-refractivity contribution in [2.75, 3.05) is 0 Å². The van der Waals surface area contributed by atoms with Crippen molar-refractivity contribution in [3.8, 4) is 0 Å². The Balaban J connectivity index is 3.36. The molecule has 3 nitrogen and oxygen atoms in total. The van der Waals surface area contributed by atoms with Crippen LogP contribution in [0.3, 0.4) is 0 Å². The summed E-state index contributed by atoms with van der Waals surface area (Å²) in [6.07, 6.45) is 0. The Labute approximate surface area is 91.7 Å². The second-order valence-electron chi connectivity index (χ2n) is 2.46. The van der Waals surface area contributed by atoms with Crippen LogP contribution in [0.25, 0.3) is 0 Å². The third kappa shape index (κ3) is 1.80. The van der Waals surface area contributed by atoms with Gasteiger partial charge in [-0.1, -0.05) is 0 Å². The van der Waals surface area contributed by atoms with Gasteiger partial charge in [0, 0.05) is 0 Å². The number of nitro groups is 1. The van der Waals surface area contributed by atoms with Crippen LogP contribution in [0.1, 0.15) is 5.56 Å². The molecule has 0 heterocycles. The number of nitro benzene ring substituents is 1. The number of thiol groups is 1. The van der Waals surface area contributed by atoms with Crippen LogP contribution in [0, 0.1) is 17.0 Å². The van der Waals surface area contributed by atoms with Crippen molar-refractivity contribution in [1.29, 1.82) is 0 Å². The zero-order valence-corrected chi connectivity index (χ0v) is 13.0. The van der Waals surface area contributed by atoms with Gasteiger partial charge in [-0.05, 0) is 0 Å². The average Bonchev–Trinajstić information content (AvgIpc) is 2.00. The van der Waals surface area contributed by atoms with Crippen molar-refractivity contribution in [2.24, 2.45) is 0 Å². The molecular formula is C7H6HgNO2S. The Morgan fingerprint density at radius 2 is 2.17 bits per heavy atom. The maximum absolute atomic E-state index is 10.5. The third-order valence-electron chi connectivity index (χ3n) is 1.74. The molecule has 0 bridgehead atoms. The number of nitrogens with zero attached hydrogens (tertiary/aromatic N) is 1. The van der Waals surface area contributed by atoms with Gasteiger partial charge >= 0.3 is 92.1 Å². The molecule has 0 aliphatic rings. The van der Waals surface area contributed by atoms with E-state index in [9.17, 15) is 10.1 Å². The van der Waals surface area contributed by atoms with Gasteiger partial charge in [-0.2, -0.15) is 0 Å². The van der Waals surface area contributed by atoms with E-state index >= 15 is 0 Å². The quantitative estimate of drug-likeness (QED) is 0.352. The molecule has 0 spiro atoms. The molecule has 59 valence electrons. The summed E-state index contributed by atoms with van der Waals surface area (Å²) in [4.78, 5) is 11.0. The summed E-state index contributed by atoms with van der Waals surface area (Å²) < 4.78 is 0.882. The number of benzene rings is 1. The van der Waals surface area contributed by atoms with Crippen molar-refractivity contribution >= 4 is 21.4 Å². The molecule has 0 amide bonds. The first-order chi connectivity index (χ1) is 5.54. The molecule has 0 N–H and O–H groups in total. The average molecular weight is 369 g/mol. The summed E-state index contributed by atoms with van der Waals surface area (Å²) in [6, 6.07) is 3.20. The van der Waals surface area contributed by atoms with E-state index in [0.29, 0.717) is 0 Å². The molecule has 1 rings (SSSR count). The van der Waals surface area contributed by atoms with Crippen LogP contribution in [0.2, 0.25) is 0 Å². The summed E-state index contributed by atoms with van der Waals surface area (Å²) in [5.41, 5.74) is 1.20. The fourth-order valence-corrected chi connectivity index (χ4v) is 3.39. The Kier molecular flexibility index (Phi) is 3.12. The second-order valence-corrected chi connectivity index (χ2v) is 5.70.